The lowest BCUT2D eigenvalue weighted by molar-refractivity contribution is 0.768. The van der Waals surface area contributed by atoms with Crippen molar-refractivity contribution in [2.45, 2.75) is 5.41 Å². The average Bonchev–Trinajstić information content (AvgIpc) is 3.63. The van der Waals surface area contributed by atoms with Crippen LogP contribution in [0.15, 0.2) is 212 Å². The number of benzene rings is 10. The van der Waals surface area contributed by atoms with Crippen LogP contribution in [0.5, 0.6) is 0 Å². The van der Waals surface area contributed by atoms with Crippen LogP contribution in [-0.4, -0.2) is 15.0 Å². The maximum Gasteiger partial charge on any atom is 0.164 e. The van der Waals surface area contributed by atoms with Crippen LogP contribution < -0.4 is 0 Å². The van der Waals surface area contributed by atoms with Crippen LogP contribution in [0, 0.1) is 0 Å². The molecule has 12 rings (SSSR count). The lowest BCUT2D eigenvalue weighted by Crippen LogP contribution is -2.28. The van der Waals surface area contributed by atoms with E-state index in [4.69, 9.17) is 15.0 Å². The van der Waals surface area contributed by atoms with Gasteiger partial charge in [-0.1, -0.05) is 206 Å². The van der Waals surface area contributed by atoms with Crippen molar-refractivity contribution in [3.8, 4) is 45.3 Å². The number of aromatic nitrogens is 3. The second-order valence-corrected chi connectivity index (χ2v) is 15.4. The van der Waals surface area contributed by atoms with Crippen LogP contribution in [0.4, 0.5) is 0 Å². The van der Waals surface area contributed by atoms with Gasteiger partial charge >= 0.3 is 0 Å². The van der Waals surface area contributed by atoms with Gasteiger partial charge in [-0.15, -0.1) is 0 Å². The molecule has 1 aliphatic carbocycles. The van der Waals surface area contributed by atoms with Gasteiger partial charge in [0, 0.05) is 16.7 Å². The van der Waals surface area contributed by atoms with Crippen LogP contribution in [0.1, 0.15) is 22.3 Å². The molecular formula is C56H35N3. The summed E-state index contributed by atoms with van der Waals surface area (Å²) in [6, 6.07) is 76.3. The predicted octanol–water partition coefficient (Wildman–Crippen LogP) is 13.8. The van der Waals surface area contributed by atoms with Crippen molar-refractivity contribution >= 4 is 43.1 Å². The standard InChI is InChI=1S/C56H35N3/c1-3-17-36(18-4-1)53-57-54(37-31-33-39(34-32-37)56(38-19-5-2-6-20-38)50-29-15-13-25-44(50)45-26-14-16-30-51(45)56)59-55(58-53)49-35-48-42-23-8-7-21-40(42)41-22-9-11-27-46(41)52(48)47-28-12-10-24-43(47)49/h1-35H. The molecule has 11 aromatic rings. The van der Waals surface area contributed by atoms with Crippen LogP contribution in [0.3, 0.4) is 0 Å². The van der Waals surface area contributed by atoms with E-state index in [1.165, 1.54) is 71.1 Å². The number of rotatable bonds is 5. The first-order valence-electron chi connectivity index (χ1n) is 20.2. The molecule has 10 aromatic carbocycles. The normalized spacial score (nSPS) is 12.9. The first-order chi connectivity index (χ1) is 29.3. The molecule has 0 spiro atoms. The third-order valence-electron chi connectivity index (χ3n) is 12.4. The second kappa shape index (κ2) is 13.2. The lowest BCUT2D eigenvalue weighted by Gasteiger charge is -2.34. The van der Waals surface area contributed by atoms with Gasteiger partial charge < -0.3 is 0 Å². The summed E-state index contributed by atoms with van der Waals surface area (Å²) < 4.78 is 0. The second-order valence-electron chi connectivity index (χ2n) is 15.4. The van der Waals surface area contributed by atoms with Gasteiger partial charge in [0.15, 0.2) is 17.5 Å². The molecular weight excluding hydrogens is 715 g/mol. The molecule has 0 unspecified atom stereocenters. The molecule has 1 aromatic heterocycles. The molecule has 0 atom stereocenters. The van der Waals surface area contributed by atoms with Gasteiger partial charge in [-0.05, 0) is 82.5 Å². The van der Waals surface area contributed by atoms with Crippen molar-refractivity contribution in [1.82, 2.24) is 15.0 Å². The van der Waals surface area contributed by atoms with E-state index in [0.717, 1.165) is 22.1 Å². The number of hydrogen-bond acceptors (Lipinski definition) is 3. The molecule has 0 saturated heterocycles. The lowest BCUT2D eigenvalue weighted by atomic mass is 9.67. The summed E-state index contributed by atoms with van der Waals surface area (Å²) in [5.74, 6) is 1.92. The highest BCUT2D eigenvalue weighted by Gasteiger charge is 2.45. The number of fused-ring (bicyclic) bond motifs is 11. The quantitative estimate of drug-likeness (QED) is 0.165. The molecule has 0 N–H and O–H groups in total. The van der Waals surface area contributed by atoms with Crippen molar-refractivity contribution in [3.05, 3.63) is 235 Å². The highest BCUT2D eigenvalue weighted by molar-refractivity contribution is 6.32. The maximum absolute atomic E-state index is 5.35. The molecule has 1 heterocycles. The highest BCUT2D eigenvalue weighted by Crippen LogP contribution is 2.56. The Morgan fingerprint density at radius 1 is 0.271 bits per heavy atom. The van der Waals surface area contributed by atoms with E-state index in [9.17, 15) is 0 Å². The summed E-state index contributed by atoms with van der Waals surface area (Å²) in [4.78, 5) is 15.8. The molecule has 0 fully saturated rings. The summed E-state index contributed by atoms with van der Waals surface area (Å²) in [6.45, 7) is 0. The van der Waals surface area contributed by atoms with E-state index >= 15 is 0 Å². The van der Waals surface area contributed by atoms with Crippen molar-refractivity contribution < 1.29 is 0 Å². The van der Waals surface area contributed by atoms with E-state index < -0.39 is 5.41 Å². The molecule has 0 saturated carbocycles. The third-order valence-corrected chi connectivity index (χ3v) is 12.4. The van der Waals surface area contributed by atoms with E-state index in [1.54, 1.807) is 0 Å². The maximum atomic E-state index is 5.35. The van der Waals surface area contributed by atoms with Gasteiger partial charge in [0.1, 0.15) is 0 Å². The Balaban J connectivity index is 1.09. The van der Waals surface area contributed by atoms with E-state index in [-0.39, 0.29) is 0 Å². The smallest absolute Gasteiger partial charge is 0.164 e. The first kappa shape index (κ1) is 33.4. The zero-order chi connectivity index (χ0) is 38.9. The Kier molecular flexibility index (Phi) is 7.45. The third kappa shape index (κ3) is 4.98. The van der Waals surface area contributed by atoms with Crippen molar-refractivity contribution in [2.24, 2.45) is 0 Å². The van der Waals surface area contributed by atoms with Crippen molar-refractivity contribution in [3.63, 3.8) is 0 Å². The summed E-state index contributed by atoms with van der Waals surface area (Å²) in [7, 11) is 0. The van der Waals surface area contributed by atoms with Gasteiger partial charge in [-0.25, -0.2) is 15.0 Å². The van der Waals surface area contributed by atoms with Crippen molar-refractivity contribution in [1.29, 1.82) is 0 Å². The minimum absolute atomic E-state index is 0.483. The molecule has 0 bridgehead atoms. The molecule has 0 amide bonds. The monoisotopic (exact) mass is 749 g/mol. The summed E-state index contributed by atoms with van der Waals surface area (Å²) in [5.41, 5.74) is 9.93. The molecule has 3 nitrogen and oxygen atoms in total. The zero-order valence-electron chi connectivity index (χ0n) is 32.0. The minimum Gasteiger partial charge on any atom is -0.208 e. The first-order valence-corrected chi connectivity index (χ1v) is 20.2. The Bertz CT molecular complexity index is 3380. The molecule has 0 aliphatic heterocycles. The van der Waals surface area contributed by atoms with E-state index in [1.807, 2.05) is 18.2 Å². The van der Waals surface area contributed by atoms with Crippen LogP contribution in [0.2, 0.25) is 0 Å². The molecule has 0 radical (unpaired) electrons. The SMILES string of the molecule is c1ccc(-c2nc(-c3ccc(C4(c5ccccc5)c5ccccc5-c5ccccc54)cc3)nc(-c3cc4c5ccccc5c5ccccc5c4c4ccccc34)n2)cc1. The molecule has 274 valence electrons. The Hall–Kier alpha value is -7.75. The number of nitrogens with zero attached hydrogens (tertiary/aromatic N) is 3. The molecule has 1 aliphatic rings. The van der Waals surface area contributed by atoms with Gasteiger partial charge in [-0.2, -0.15) is 0 Å². The topological polar surface area (TPSA) is 38.7 Å². The molecule has 3 heteroatoms. The van der Waals surface area contributed by atoms with Crippen molar-refractivity contribution in [2.75, 3.05) is 0 Å². The number of hydrogen-bond donors (Lipinski definition) is 0. The van der Waals surface area contributed by atoms with Gasteiger partial charge in [0.05, 0.1) is 5.41 Å². The Morgan fingerprint density at radius 2 is 0.678 bits per heavy atom. The van der Waals surface area contributed by atoms with Crippen LogP contribution in [-0.2, 0) is 5.41 Å². The summed E-state index contributed by atoms with van der Waals surface area (Å²) in [6.07, 6.45) is 0. The largest absolute Gasteiger partial charge is 0.208 e. The van der Waals surface area contributed by atoms with Crippen LogP contribution >= 0.6 is 0 Å². The Morgan fingerprint density at radius 3 is 1.29 bits per heavy atom. The molecule has 59 heavy (non-hydrogen) atoms. The van der Waals surface area contributed by atoms with Crippen LogP contribution in [0.25, 0.3) is 88.4 Å². The van der Waals surface area contributed by atoms with Gasteiger partial charge in [0.25, 0.3) is 0 Å². The Labute approximate surface area is 342 Å². The predicted molar refractivity (Wildman–Crippen MR) is 243 cm³/mol. The fourth-order valence-electron chi connectivity index (χ4n) is 9.87. The fourth-order valence-corrected chi connectivity index (χ4v) is 9.87. The fraction of sp³-hybridized carbons (Fsp3) is 0.0179. The average molecular weight is 750 g/mol. The highest BCUT2D eigenvalue weighted by atomic mass is 15.0. The summed E-state index contributed by atoms with van der Waals surface area (Å²) in [5, 5.41) is 9.66. The summed E-state index contributed by atoms with van der Waals surface area (Å²) >= 11 is 0. The van der Waals surface area contributed by atoms with Gasteiger partial charge in [0.2, 0.25) is 0 Å². The minimum atomic E-state index is -0.483. The van der Waals surface area contributed by atoms with Gasteiger partial charge in [-0.3, -0.25) is 0 Å². The van der Waals surface area contributed by atoms with E-state index in [2.05, 4.69) is 194 Å². The van der Waals surface area contributed by atoms with E-state index in [0.29, 0.717) is 17.5 Å². The zero-order valence-corrected chi connectivity index (χ0v) is 32.0.